The molecule has 0 radical (unpaired) electrons. The largest absolute Gasteiger partial charge is 0.390 e. The smallest absolute Gasteiger partial charge is 0.0650 e. The Kier molecular flexibility index (Phi) is 5.70. The molecular formula is C25H46N4O. The Hall–Kier alpha value is -0.490. The lowest BCUT2D eigenvalue weighted by atomic mass is 9.39. The first-order valence-corrected chi connectivity index (χ1v) is 12.5. The summed E-state index contributed by atoms with van der Waals surface area (Å²) in [7, 11) is 0. The monoisotopic (exact) mass is 418 g/mol. The van der Waals surface area contributed by atoms with E-state index in [2.05, 4.69) is 38.5 Å². The lowest BCUT2D eigenvalue weighted by molar-refractivity contribution is -0.187. The maximum atomic E-state index is 10.8. The molecule has 4 saturated carbocycles. The fourth-order valence-electron chi connectivity index (χ4n) is 8.94. The zero-order chi connectivity index (χ0) is 21.9. The van der Waals surface area contributed by atoms with Crippen molar-refractivity contribution >= 4 is 5.71 Å². The maximum absolute atomic E-state index is 10.8. The summed E-state index contributed by atoms with van der Waals surface area (Å²) in [5.74, 6) is 2.75. The number of fused-ring (bicyclic) bond motifs is 5. The van der Waals surface area contributed by atoms with E-state index >= 15 is 0 Å². The van der Waals surface area contributed by atoms with Gasteiger partial charge < -0.3 is 16.2 Å². The van der Waals surface area contributed by atoms with E-state index in [0.717, 1.165) is 36.3 Å². The van der Waals surface area contributed by atoms with Crippen LogP contribution < -0.4 is 16.6 Å². The van der Waals surface area contributed by atoms with Gasteiger partial charge in [-0.15, -0.1) is 0 Å². The predicted molar refractivity (Wildman–Crippen MR) is 123 cm³/mol. The SMILES string of the molecule is CC(N)NNCC(=N)C1CCC2C3CCC4(C)C[C@](C)(O)CCC4(C)C3CCC12C. The van der Waals surface area contributed by atoms with Gasteiger partial charge in [0.2, 0.25) is 0 Å². The quantitative estimate of drug-likeness (QED) is 0.263. The molecule has 5 heteroatoms. The molecule has 5 nitrogen and oxygen atoms in total. The number of aliphatic hydroxyl groups is 1. The molecule has 0 spiro atoms. The summed E-state index contributed by atoms with van der Waals surface area (Å²) in [4.78, 5) is 0. The van der Waals surface area contributed by atoms with Crippen LogP contribution in [0.2, 0.25) is 0 Å². The fourth-order valence-corrected chi connectivity index (χ4v) is 8.94. The van der Waals surface area contributed by atoms with Crippen molar-refractivity contribution in [3.05, 3.63) is 0 Å². The Bertz CT molecular complexity index is 678. The van der Waals surface area contributed by atoms with Crippen LogP contribution in [0.3, 0.4) is 0 Å². The zero-order valence-corrected chi connectivity index (χ0v) is 20.0. The Labute approximate surface area is 183 Å². The normalized spacial score (nSPS) is 51.6. The van der Waals surface area contributed by atoms with Crippen LogP contribution >= 0.6 is 0 Å². The molecule has 4 rings (SSSR count). The van der Waals surface area contributed by atoms with Crippen molar-refractivity contribution in [2.75, 3.05) is 6.54 Å². The van der Waals surface area contributed by atoms with Crippen molar-refractivity contribution in [3.8, 4) is 0 Å². The topological polar surface area (TPSA) is 94.2 Å². The van der Waals surface area contributed by atoms with Crippen LogP contribution in [0, 0.1) is 45.3 Å². The van der Waals surface area contributed by atoms with Crippen molar-refractivity contribution in [3.63, 3.8) is 0 Å². The highest BCUT2D eigenvalue weighted by Crippen LogP contribution is 2.71. The van der Waals surface area contributed by atoms with Gasteiger partial charge in [-0.1, -0.05) is 20.8 Å². The average Bonchev–Trinajstić information content (AvgIpc) is 2.99. The highest BCUT2D eigenvalue weighted by atomic mass is 16.3. The van der Waals surface area contributed by atoms with Crippen molar-refractivity contribution in [1.82, 2.24) is 10.9 Å². The van der Waals surface area contributed by atoms with Crippen molar-refractivity contribution in [2.24, 2.45) is 45.7 Å². The second-order valence-corrected chi connectivity index (χ2v) is 12.6. The first-order valence-electron chi connectivity index (χ1n) is 12.5. The summed E-state index contributed by atoms with van der Waals surface area (Å²) in [6, 6.07) is 0. The van der Waals surface area contributed by atoms with E-state index in [1.54, 1.807) is 0 Å². The van der Waals surface area contributed by atoms with Crippen LogP contribution in [0.25, 0.3) is 0 Å². The minimum Gasteiger partial charge on any atom is -0.390 e. The highest BCUT2D eigenvalue weighted by molar-refractivity contribution is 5.86. The fraction of sp³-hybridized carbons (Fsp3) is 0.960. The Morgan fingerprint density at radius 2 is 1.77 bits per heavy atom. The summed E-state index contributed by atoms with van der Waals surface area (Å²) >= 11 is 0. The molecular weight excluding hydrogens is 372 g/mol. The van der Waals surface area contributed by atoms with Gasteiger partial charge in [-0.3, -0.25) is 5.43 Å². The molecule has 6 N–H and O–H groups in total. The van der Waals surface area contributed by atoms with Crippen LogP contribution in [0.5, 0.6) is 0 Å². The highest BCUT2D eigenvalue weighted by Gasteiger charge is 2.64. The zero-order valence-electron chi connectivity index (χ0n) is 20.0. The molecule has 0 amide bonds. The molecule has 4 fully saturated rings. The van der Waals surface area contributed by atoms with Crippen LogP contribution in [0.4, 0.5) is 0 Å². The molecule has 8 unspecified atom stereocenters. The van der Waals surface area contributed by atoms with Gasteiger partial charge in [0.15, 0.2) is 0 Å². The Morgan fingerprint density at radius 1 is 1.03 bits per heavy atom. The van der Waals surface area contributed by atoms with Gasteiger partial charge >= 0.3 is 0 Å². The van der Waals surface area contributed by atoms with E-state index in [0.29, 0.717) is 17.9 Å². The minimum atomic E-state index is -0.486. The van der Waals surface area contributed by atoms with Crippen LogP contribution in [-0.4, -0.2) is 29.1 Å². The number of hydrogen-bond acceptors (Lipinski definition) is 5. The second-order valence-electron chi connectivity index (χ2n) is 12.6. The summed E-state index contributed by atoms with van der Waals surface area (Å²) in [5.41, 5.74) is 13.2. The van der Waals surface area contributed by atoms with Crippen molar-refractivity contribution in [2.45, 2.75) is 104 Å². The molecule has 0 bridgehead atoms. The lowest BCUT2D eigenvalue weighted by Gasteiger charge is -2.66. The number of rotatable bonds is 5. The van der Waals surface area contributed by atoms with Gasteiger partial charge in [0, 0.05) is 18.2 Å². The van der Waals surface area contributed by atoms with Gasteiger partial charge in [0.1, 0.15) is 0 Å². The summed E-state index contributed by atoms with van der Waals surface area (Å²) in [6.07, 6.45) is 10.6. The van der Waals surface area contributed by atoms with Crippen LogP contribution in [0.1, 0.15) is 92.4 Å². The predicted octanol–water partition coefficient (Wildman–Crippen LogP) is 4.21. The Balaban J connectivity index is 1.51. The van der Waals surface area contributed by atoms with Crippen molar-refractivity contribution in [1.29, 1.82) is 5.41 Å². The number of hydrogen-bond donors (Lipinski definition) is 5. The molecule has 0 aromatic rings. The van der Waals surface area contributed by atoms with Gasteiger partial charge in [-0.2, -0.15) is 0 Å². The molecule has 0 aliphatic heterocycles. The van der Waals surface area contributed by atoms with E-state index in [9.17, 15) is 5.11 Å². The molecule has 4 aliphatic rings. The average molecular weight is 419 g/mol. The van der Waals surface area contributed by atoms with E-state index in [4.69, 9.17) is 11.1 Å². The number of nitrogens with two attached hydrogens (primary N) is 1. The lowest BCUT2D eigenvalue weighted by Crippen LogP contribution is -2.60. The third-order valence-corrected chi connectivity index (χ3v) is 10.6. The first-order chi connectivity index (χ1) is 13.9. The van der Waals surface area contributed by atoms with Gasteiger partial charge in [0.25, 0.3) is 0 Å². The van der Waals surface area contributed by atoms with E-state index < -0.39 is 5.60 Å². The standard InChI is InChI=1S/C25H46N4O/c1-16(26)29-28-14-21(27)20-7-6-18-17-8-10-22(2)15-23(3,30)12-13-25(22,5)19(17)9-11-24(18,20)4/h16-20,27-30H,6-15,26H2,1-5H3/t16?,17?,18?,19?,20?,22?,23-,24?,25?/m1/s1. The number of hydrazine groups is 1. The van der Waals surface area contributed by atoms with Gasteiger partial charge in [-0.05, 0) is 106 Å². The summed E-state index contributed by atoms with van der Waals surface area (Å²) in [5, 5.41) is 19.6. The molecule has 30 heavy (non-hydrogen) atoms. The second kappa shape index (κ2) is 7.54. The molecule has 0 heterocycles. The van der Waals surface area contributed by atoms with Crippen LogP contribution in [-0.2, 0) is 0 Å². The third-order valence-electron chi connectivity index (χ3n) is 10.6. The molecule has 0 aromatic heterocycles. The number of nitrogens with one attached hydrogen (secondary N) is 3. The van der Waals surface area contributed by atoms with Gasteiger partial charge in [0.05, 0.1) is 11.8 Å². The Morgan fingerprint density at radius 3 is 2.47 bits per heavy atom. The molecule has 0 saturated heterocycles. The first kappa shape index (κ1) is 22.7. The van der Waals surface area contributed by atoms with Gasteiger partial charge in [-0.25, -0.2) is 5.43 Å². The van der Waals surface area contributed by atoms with E-state index in [1.165, 1.54) is 44.9 Å². The molecule has 4 aliphatic carbocycles. The third kappa shape index (κ3) is 3.48. The van der Waals surface area contributed by atoms with E-state index in [1.807, 2.05) is 6.92 Å². The summed E-state index contributed by atoms with van der Waals surface area (Å²) in [6.45, 7) is 12.1. The van der Waals surface area contributed by atoms with Crippen LogP contribution in [0.15, 0.2) is 0 Å². The minimum absolute atomic E-state index is 0.103. The maximum Gasteiger partial charge on any atom is 0.0650 e. The summed E-state index contributed by atoms with van der Waals surface area (Å²) < 4.78 is 0. The molecule has 0 aromatic carbocycles. The van der Waals surface area contributed by atoms with E-state index in [-0.39, 0.29) is 17.0 Å². The van der Waals surface area contributed by atoms with Crippen molar-refractivity contribution < 1.29 is 5.11 Å². The molecule has 9 atom stereocenters. The molecule has 172 valence electrons.